The molecular formula is C38H42. The maximum Gasteiger partial charge on any atom is -0.00259 e. The standard InChI is InChI=1S/C38H42/c1-28(37-17-9-8-15-32(37)21-19-29-11-4-2-5-12-29)23-34-16-10-18-38(34)36-26-33-22-20-31(25-35(33)27-36)24-30-13-6-3-7-14-30/h2,4-5,8-9,11-12,15-18,20,22,25,30,36H,1,3,6-7,10,13-14,19,21,23-24,26-27H2. The lowest BCUT2D eigenvalue weighted by molar-refractivity contribution is 0.356. The van der Waals surface area contributed by atoms with Gasteiger partial charge in [0.25, 0.3) is 0 Å². The van der Waals surface area contributed by atoms with E-state index >= 15 is 0 Å². The highest BCUT2D eigenvalue weighted by molar-refractivity contribution is 5.70. The van der Waals surface area contributed by atoms with Crippen LogP contribution in [0.2, 0.25) is 0 Å². The SMILES string of the molecule is C=C(CC1=CCC=C1C1Cc2ccc(CC3CCCCC3)cc2C1)c1ccccc1CCc1ccccc1. The number of aryl methyl sites for hydroxylation is 2. The molecular weight excluding hydrogens is 456 g/mol. The van der Waals surface area contributed by atoms with Crippen LogP contribution < -0.4 is 0 Å². The summed E-state index contributed by atoms with van der Waals surface area (Å²) >= 11 is 0. The Kier molecular flexibility index (Phi) is 7.77. The molecule has 3 aliphatic carbocycles. The Labute approximate surface area is 230 Å². The Morgan fingerprint density at radius 3 is 2.39 bits per heavy atom. The molecule has 3 aromatic carbocycles. The fraction of sp³-hybridized carbons (Fsp3) is 0.368. The maximum absolute atomic E-state index is 4.60. The lowest BCUT2D eigenvalue weighted by Crippen LogP contribution is -2.09. The highest BCUT2D eigenvalue weighted by Gasteiger charge is 2.28. The molecule has 0 aromatic heterocycles. The monoisotopic (exact) mass is 498 g/mol. The molecule has 1 saturated carbocycles. The van der Waals surface area contributed by atoms with E-state index in [2.05, 4.69) is 91.5 Å². The Morgan fingerprint density at radius 2 is 1.53 bits per heavy atom. The minimum atomic E-state index is 0.629. The van der Waals surface area contributed by atoms with Gasteiger partial charge >= 0.3 is 0 Å². The third kappa shape index (κ3) is 5.80. The third-order valence-corrected chi connectivity index (χ3v) is 9.29. The van der Waals surface area contributed by atoms with Gasteiger partial charge in [0, 0.05) is 0 Å². The van der Waals surface area contributed by atoms with Crippen LogP contribution in [0.5, 0.6) is 0 Å². The van der Waals surface area contributed by atoms with Crippen LogP contribution >= 0.6 is 0 Å². The van der Waals surface area contributed by atoms with Crippen molar-refractivity contribution < 1.29 is 0 Å². The van der Waals surface area contributed by atoms with Gasteiger partial charge in [0.1, 0.15) is 0 Å². The molecule has 0 saturated heterocycles. The van der Waals surface area contributed by atoms with Gasteiger partial charge in [-0.1, -0.05) is 124 Å². The number of rotatable bonds is 9. The molecule has 3 aliphatic rings. The van der Waals surface area contributed by atoms with Crippen molar-refractivity contribution in [2.75, 3.05) is 0 Å². The molecule has 0 N–H and O–H groups in total. The topological polar surface area (TPSA) is 0 Å². The van der Waals surface area contributed by atoms with Crippen molar-refractivity contribution in [3.05, 3.63) is 136 Å². The van der Waals surface area contributed by atoms with Crippen LogP contribution in [0.4, 0.5) is 0 Å². The van der Waals surface area contributed by atoms with Crippen molar-refractivity contribution in [2.24, 2.45) is 11.8 Å². The van der Waals surface area contributed by atoms with E-state index in [9.17, 15) is 0 Å². The third-order valence-electron chi connectivity index (χ3n) is 9.29. The van der Waals surface area contributed by atoms with E-state index in [1.54, 1.807) is 22.3 Å². The molecule has 38 heavy (non-hydrogen) atoms. The summed E-state index contributed by atoms with van der Waals surface area (Å²) in [6, 6.07) is 27.2. The van der Waals surface area contributed by atoms with E-state index in [1.807, 2.05) is 0 Å². The first kappa shape index (κ1) is 25.2. The van der Waals surface area contributed by atoms with Crippen molar-refractivity contribution in [1.82, 2.24) is 0 Å². The molecule has 0 nitrogen and oxygen atoms in total. The Morgan fingerprint density at radius 1 is 0.737 bits per heavy atom. The zero-order valence-electron chi connectivity index (χ0n) is 22.9. The summed E-state index contributed by atoms with van der Waals surface area (Å²) in [4.78, 5) is 0. The van der Waals surface area contributed by atoms with Crippen molar-refractivity contribution in [1.29, 1.82) is 0 Å². The average Bonchev–Trinajstić information content (AvgIpc) is 3.59. The normalized spacial score (nSPS) is 19.2. The van der Waals surface area contributed by atoms with Crippen LogP contribution in [0.3, 0.4) is 0 Å². The maximum atomic E-state index is 4.60. The molecule has 0 heterocycles. The van der Waals surface area contributed by atoms with Gasteiger partial charge in [0.2, 0.25) is 0 Å². The molecule has 0 heteroatoms. The van der Waals surface area contributed by atoms with Gasteiger partial charge in [-0.25, -0.2) is 0 Å². The number of fused-ring (bicyclic) bond motifs is 1. The van der Waals surface area contributed by atoms with E-state index in [0.717, 1.165) is 31.6 Å². The predicted molar refractivity (Wildman–Crippen MR) is 162 cm³/mol. The van der Waals surface area contributed by atoms with Crippen molar-refractivity contribution in [3.63, 3.8) is 0 Å². The highest BCUT2D eigenvalue weighted by Crippen LogP contribution is 2.41. The van der Waals surface area contributed by atoms with E-state index < -0.39 is 0 Å². The van der Waals surface area contributed by atoms with Crippen molar-refractivity contribution in [3.8, 4) is 0 Å². The van der Waals surface area contributed by atoms with Gasteiger partial charge in [-0.2, -0.15) is 0 Å². The number of hydrogen-bond donors (Lipinski definition) is 0. The van der Waals surface area contributed by atoms with E-state index in [1.165, 1.54) is 79.2 Å². The number of allylic oxidation sites excluding steroid dienone is 5. The van der Waals surface area contributed by atoms with E-state index in [-0.39, 0.29) is 0 Å². The first-order chi connectivity index (χ1) is 18.7. The second-order valence-corrected chi connectivity index (χ2v) is 12.0. The van der Waals surface area contributed by atoms with Crippen LogP contribution in [0, 0.1) is 11.8 Å². The summed E-state index contributed by atoms with van der Waals surface area (Å²) in [5, 5.41) is 0. The van der Waals surface area contributed by atoms with Gasteiger partial charge in [0.05, 0.1) is 0 Å². The van der Waals surface area contributed by atoms with Crippen molar-refractivity contribution >= 4 is 5.57 Å². The fourth-order valence-electron chi connectivity index (χ4n) is 7.26. The Hall–Kier alpha value is -3.12. The summed E-state index contributed by atoms with van der Waals surface area (Å²) in [6.45, 7) is 4.60. The lowest BCUT2D eigenvalue weighted by atomic mass is 9.84. The molecule has 1 fully saturated rings. The lowest BCUT2D eigenvalue weighted by Gasteiger charge is -2.21. The minimum absolute atomic E-state index is 0.629. The largest absolute Gasteiger partial charge is 0.0949 e. The first-order valence-corrected chi connectivity index (χ1v) is 15.0. The summed E-state index contributed by atoms with van der Waals surface area (Å²) in [5.41, 5.74) is 13.3. The van der Waals surface area contributed by atoms with Crippen LogP contribution in [-0.4, -0.2) is 0 Å². The average molecular weight is 499 g/mol. The second-order valence-electron chi connectivity index (χ2n) is 12.0. The predicted octanol–water partition coefficient (Wildman–Crippen LogP) is 9.67. The molecule has 6 rings (SSSR count). The van der Waals surface area contributed by atoms with Crippen LogP contribution in [0.25, 0.3) is 5.57 Å². The Bertz CT molecular complexity index is 1330. The quantitative estimate of drug-likeness (QED) is 0.275. The van der Waals surface area contributed by atoms with E-state index in [0.29, 0.717) is 5.92 Å². The molecule has 0 bridgehead atoms. The summed E-state index contributed by atoms with van der Waals surface area (Å²) in [7, 11) is 0. The number of hydrogen-bond acceptors (Lipinski definition) is 0. The molecule has 3 aromatic rings. The van der Waals surface area contributed by atoms with E-state index in [4.69, 9.17) is 0 Å². The smallest absolute Gasteiger partial charge is 0.00259 e. The highest BCUT2D eigenvalue weighted by atomic mass is 14.3. The van der Waals surface area contributed by atoms with Crippen LogP contribution in [-0.2, 0) is 32.1 Å². The van der Waals surface area contributed by atoms with Crippen LogP contribution in [0.15, 0.2) is 103 Å². The van der Waals surface area contributed by atoms with Gasteiger partial charge < -0.3 is 0 Å². The minimum Gasteiger partial charge on any atom is -0.0949 e. The Balaban J connectivity index is 1.10. The molecule has 0 aliphatic heterocycles. The molecule has 1 unspecified atom stereocenters. The summed E-state index contributed by atoms with van der Waals surface area (Å²) in [5.74, 6) is 1.54. The van der Waals surface area contributed by atoms with Gasteiger partial charge in [-0.05, 0) is 107 Å². The molecule has 0 radical (unpaired) electrons. The van der Waals surface area contributed by atoms with Crippen molar-refractivity contribution in [2.45, 2.75) is 77.0 Å². The number of benzene rings is 3. The summed E-state index contributed by atoms with van der Waals surface area (Å²) < 4.78 is 0. The molecule has 0 spiro atoms. The van der Waals surface area contributed by atoms with Gasteiger partial charge in [-0.3, -0.25) is 0 Å². The summed E-state index contributed by atoms with van der Waals surface area (Å²) in [6.07, 6.45) is 20.0. The van der Waals surface area contributed by atoms with Gasteiger partial charge in [-0.15, -0.1) is 0 Å². The van der Waals surface area contributed by atoms with Crippen LogP contribution in [0.1, 0.15) is 78.3 Å². The van der Waals surface area contributed by atoms with Gasteiger partial charge in [0.15, 0.2) is 0 Å². The zero-order valence-corrected chi connectivity index (χ0v) is 22.9. The second kappa shape index (κ2) is 11.7. The molecule has 1 atom stereocenters. The zero-order chi connectivity index (χ0) is 25.7. The fourth-order valence-corrected chi connectivity index (χ4v) is 7.26. The molecule has 0 amide bonds. The first-order valence-electron chi connectivity index (χ1n) is 15.0. The molecule has 194 valence electrons.